The van der Waals surface area contributed by atoms with Crippen molar-refractivity contribution in [3.63, 3.8) is 0 Å². The molecule has 0 radical (unpaired) electrons. The number of ether oxygens (including phenoxy) is 3. The Labute approximate surface area is 179 Å². The molecule has 1 aromatic rings. The normalized spacial score (nSPS) is 19.7. The van der Waals surface area contributed by atoms with Gasteiger partial charge in [-0.2, -0.15) is 0 Å². The summed E-state index contributed by atoms with van der Waals surface area (Å²) in [7, 11) is 6.56. The zero-order chi connectivity index (χ0) is 21.5. The van der Waals surface area contributed by atoms with Crippen LogP contribution in [0.2, 0.25) is 0 Å². The molecule has 1 aromatic carbocycles. The molecule has 1 aliphatic carbocycles. The molecule has 0 aromatic heterocycles. The number of carbonyl (C=O) groups is 1. The molecule has 1 aliphatic heterocycles. The van der Waals surface area contributed by atoms with Crippen molar-refractivity contribution >= 4 is 11.9 Å². The zero-order valence-electron chi connectivity index (χ0n) is 18.5. The number of guanidine groups is 1. The molecular weight excluding hydrogens is 384 g/mol. The smallest absolute Gasteiger partial charge is 0.225 e. The van der Waals surface area contributed by atoms with Crippen molar-refractivity contribution in [2.75, 3.05) is 41.5 Å². The number of likely N-dealkylation sites (tertiary alicyclic amines) is 1. The summed E-state index contributed by atoms with van der Waals surface area (Å²) < 4.78 is 16.3. The molecule has 8 nitrogen and oxygen atoms in total. The van der Waals surface area contributed by atoms with E-state index in [9.17, 15) is 4.79 Å². The van der Waals surface area contributed by atoms with Gasteiger partial charge >= 0.3 is 0 Å². The Hall–Kier alpha value is -2.64. The second-order valence-electron chi connectivity index (χ2n) is 7.81. The maximum absolute atomic E-state index is 12.7. The SMILES string of the molecule is CN=C(NCc1ccc(OC)c(OC)c1OC)NC1CCN(C(=O)C2CCCC2)C1. The van der Waals surface area contributed by atoms with E-state index in [-0.39, 0.29) is 12.0 Å². The van der Waals surface area contributed by atoms with Crippen molar-refractivity contribution in [2.45, 2.75) is 44.7 Å². The second-order valence-corrected chi connectivity index (χ2v) is 7.81. The Morgan fingerprint density at radius 3 is 2.47 bits per heavy atom. The third kappa shape index (κ3) is 4.91. The van der Waals surface area contributed by atoms with Gasteiger partial charge in [-0.25, -0.2) is 0 Å². The number of hydrogen-bond donors (Lipinski definition) is 2. The first-order chi connectivity index (χ1) is 14.6. The fourth-order valence-corrected chi connectivity index (χ4v) is 4.38. The molecule has 1 saturated carbocycles. The molecule has 2 fully saturated rings. The van der Waals surface area contributed by atoms with E-state index in [1.165, 1.54) is 12.8 Å². The molecule has 1 heterocycles. The summed E-state index contributed by atoms with van der Waals surface area (Å²) in [6.07, 6.45) is 5.39. The monoisotopic (exact) mass is 418 g/mol. The van der Waals surface area contributed by atoms with Crippen molar-refractivity contribution in [1.82, 2.24) is 15.5 Å². The Bertz CT molecular complexity index is 762. The average molecular weight is 419 g/mol. The molecule has 1 saturated heterocycles. The summed E-state index contributed by atoms with van der Waals surface area (Å²) >= 11 is 0. The minimum atomic E-state index is 0.203. The lowest BCUT2D eigenvalue weighted by atomic mass is 10.1. The number of nitrogens with zero attached hydrogens (tertiary/aromatic N) is 2. The van der Waals surface area contributed by atoms with E-state index in [0.29, 0.717) is 35.7 Å². The van der Waals surface area contributed by atoms with Crippen molar-refractivity contribution in [2.24, 2.45) is 10.9 Å². The quantitative estimate of drug-likeness (QED) is 0.522. The zero-order valence-corrected chi connectivity index (χ0v) is 18.5. The maximum Gasteiger partial charge on any atom is 0.225 e. The van der Waals surface area contributed by atoms with Crippen LogP contribution in [0.15, 0.2) is 17.1 Å². The van der Waals surface area contributed by atoms with Crippen LogP contribution in [0.1, 0.15) is 37.7 Å². The van der Waals surface area contributed by atoms with Crippen LogP contribution in [-0.4, -0.2) is 64.3 Å². The van der Waals surface area contributed by atoms with Gasteiger partial charge in [0.25, 0.3) is 0 Å². The number of aliphatic imine (C=N–C) groups is 1. The lowest BCUT2D eigenvalue weighted by Gasteiger charge is -2.22. The molecule has 166 valence electrons. The van der Waals surface area contributed by atoms with E-state index < -0.39 is 0 Å². The summed E-state index contributed by atoms with van der Waals surface area (Å²) in [5, 5.41) is 6.78. The minimum absolute atomic E-state index is 0.203. The van der Waals surface area contributed by atoms with Crippen LogP contribution < -0.4 is 24.8 Å². The molecule has 1 atom stereocenters. The fraction of sp³-hybridized carbons (Fsp3) is 0.636. The van der Waals surface area contributed by atoms with Crippen molar-refractivity contribution in [3.8, 4) is 17.2 Å². The van der Waals surface area contributed by atoms with Gasteiger partial charge in [-0.15, -0.1) is 0 Å². The predicted molar refractivity (Wildman–Crippen MR) is 116 cm³/mol. The molecule has 8 heteroatoms. The van der Waals surface area contributed by atoms with Gasteiger partial charge in [0.15, 0.2) is 17.5 Å². The van der Waals surface area contributed by atoms with Crippen molar-refractivity contribution in [3.05, 3.63) is 17.7 Å². The van der Waals surface area contributed by atoms with E-state index >= 15 is 0 Å². The molecule has 3 rings (SSSR count). The second kappa shape index (κ2) is 10.4. The van der Waals surface area contributed by atoms with E-state index in [1.54, 1.807) is 28.4 Å². The van der Waals surface area contributed by atoms with Gasteiger partial charge in [-0.1, -0.05) is 12.8 Å². The molecule has 2 N–H and O–H groups in total. The largest absolute Gasteiger partial charge is 0.493 e. The molecule has 0 bridgehead atoms. The minimum Gasteiger partial charge on any atom is -0.493 e. The van der Waals surface area contributed by atoms with Crippen LogP contribution in [0.5, 0.6) is 17.2 Å². The van der Waals surface area contributed by atoms with Crippen LogP contribution in [0, 0.1) is 5.92 Å². The van der Waals surface area contributed by atoms with Gasteiger partial charge in [0.1, 0.15) is 0 Å². The van der Waals surface area contributed by atoms with Gasteiger partial charge in [0.05, 0.1) is 21.3 Å². The molecule has 30 heavy (non-hydrogen) atoms. The summed E-state index contributed by atoms with van der Waals surface area (Å²) in [6.45, 7) is 2.06. The summed E-state index contributed by atoms with van der Waals surface area (Å²) in [4.78, 5) is 19.0. The van der Waals surface area contributed by atoms with E-state index in [4.69, 9.17) is 14.2 Å². The first-order valence-corrected chi connectivity index (χ1v) is 10.6. The van der Waals surface area contributed by atoms with Gasteiger partial charge in [0, 0.05) is 44.2 Å². The lowest BCUT2D eigenvalue weighted by molar-refractivity contribution is -0.134. The van der Waals surface area contributed by atoms with Gasteiger partial charge in [-0.05, 0) is 31.4 Å². The first-order valence-electron chi connectivity index (χ1n) is 10.6. The number of hydrogen-bond acceptors (Lipinski definition) is 5. The topological polar surface area (TPSA) is 84.4 Å². The van der Waals surface area contributed by atoms with E-state index in [2.05, 4.69) is 15.6 Å². The number of nitrogens with one attached hydrogen (secondary N) is 2. The van der Waals surface area contributed by atoms with Crippen LogP contribution in [0.3, 0.4) is 0 Å². The molecular formula is C22H34N4O4. The van der Waals surface area contributed by atoms with E-state index in [1.807, 2.05) is 17.0 Å². The summed E-state index contributed by atoms with van der Waals surface area (Å²) in [6, 6.07) is 4.00. The van der Waals surface area contributed by atoms with Gasteiger partial charge in [0.2, 0.25) is 11.7 Å². The number of rotatable bonds is 7. The van der Waals surface area contributed by atoms with Gasteiger partial charge in [-0.3, -0.25) is 9.79 Å². The van der Waals surface area contributed by atoms with Crippen LogP contribution in [0.25, 0.3) is 0 Å². The predicted octanol–water partition coefficient (Wildman–Crippen LogP) is 2.17. The molecule has 1 amide bonds. The van der Waals surface area contributed by atoms with Gasteiger partial charge < -0.3 is 29.7 Å². The fourth-order valence-electron chi connectivity index (χ4n) is 4.38. The third-order valence-corrected chi connectivity index (χ3v) is 6.00. The first kappa shape index (κ1) is 22.1. The van der Waals surface area contributed by atoms with Crippen molar-refractivity contribution in [1.29, 1.82) is 0 Å². The Kier molecular flexibility index (Phi) is 7.65. The number of benzene rings is 1. The Morgan fingerprint density at radius 2 is 1.83 bits per heavy atom. The number of carbonyl (C=O) groups excluding carboxylic acids is 1. The highest BCUT2D eigenvalue weighted by atomic mass is 16.5. The van der Waals surface area contributed by atoms with Crippen molar-refractivity contribution < 1.29 is 19.0 Å². The Balaban J connectivity index is 1.56. The molecule has 0 spiro atoms. The molecule has 2 aliphatic rings. The summed E-state index contributed by atoms with van der Waals surface area (Å²) in [5.41, 5.74) is 0.933. The van der Waals surface area contributed by atoms with Crippen LogP contribution >= 0.6 is 0 Å². The summed E-state index contributed by atoms with van der Waals surface area (Å²) in [5.74, 6) is 3.09. The molecule has 1 unspecified atom stereocenters. The average Bonchev–Trinajstić information content (AvgIpc) is 3.47. The highest BCUT2D eigenvalue weighted by Gasteiger charge is 2.32. The van der Waals surface area contributed by atoms with Crippen LogP contribution in [0.4, 0.5) is 0 Å². The number of amides is 1. The lowest BCUT2D eigenvalue weighted by Crippen LogP contribution is -2.45. The maximum atomic E-state index is 12.7. The highest BCUT2D eigenvalue weighted by Crippen LogP contribution is 2.39. The highest BCUT2D eigenvalue weighted by molar-refractivity contribution is 5.81. The number of methoxy groups -OCH3 is 3. The van der Waals surface area contributed by atoms with Crippen LogP contribution in [-0.2, 0) is 11.3 Å². The standard InChI is InChI=1S/C22H34N4O4/c1-23-22(24-13-16-9-10-18(28-2)20(30-4)19(16)29-3)25-17-11-12-26(14-17)21(27)15-7-5-6-8-15/h9-10,15,17H,5-8,11-14H2,1-4H3,(H2,23,24,25). The van der Waals surface area contributed by atoms with E-state index in [0.717, 1.165) is 37.9 Å². The third-order valence-electron chi connectivity index (χ3n) is 6.00. The Morgan fingerprint density at radius 1 is 1.10 bits per heavy atom.